The summed E-state index contributed by atoms with van der Waals surface area (Å²) in [6, 6.07) is 3.54. The Labute approximate surface area is 129 Å². The fourth-order valence-corrected chi connectivity index (χ4v) is 2.90. The number of nitrogens with one attached hydrogen (secondary N) is 1. The molecule has 0 aliphatic carbocycles. The molecule has 1 N–H and O–H groups in total. The molecular weight excluding hydrogens is 314 g/mol. The van der Waals surface area contributed by atoms with E-state index >= 15 is 0 Å². The number of aromatic nitrogens is 1. The van der Waals surface area contributed by atoms with Crippen molar-refractivity contribution >= 4 is 39.9 Å². The fraction of sp³-hybridized carbons (Fsp3) is 0.214. The van der Waals surface area contributed by atoms with E-state index in [0.29, 0.717) is 16.1 Å². The van der Waals surface area contributed by atoms with Gasteiger partial charge in [-0.1, -0.05) is 6.07 Å². The number of hydrogen-bond donors (Lipinski definition) is 1. The molecule has 0 radical (unpaired) electrons. The molecule has 0 fully saturated rings. The van der Waals surface area contributed by atoms with Crippen LogP contribution in [-0.2, 0) is 9.53 Å². The van der Waals surface area contributed by atoms with Crippen molar-refractivity contribution in [3.8, 4) is 10.4 Å². The predicted octanol–water partition coefficient (Wildman–Crippen LogP) is 3.18. The van der Waals surface area contributed by atoms with Gasteiger partial charge in [-0.2, -0.15) is 0 Å². The zero-order valence-corrected chi connectivity index (χ0v) is 12.9. The standard InChI is InChI=1S/C14H12ClNO4S/c1-3-20-14(19)9-7(2)16-11(12(17)13(15)18)10(9)8-5-4-6-21-8/h4-6,16H,3H2,1-2H3. The second-order valence-corrected chi connectivity index (χ2v) is 5.47. The summed E-state index contributed by atoms with van der Waals surface area (Å²) in [5, 5.41) is 0.702. The van der Waals surface area contributed by atoms with Gasteiger partial charge >= 0.3 is 5.97 Å². The maximum Gasteiger partial charge on any atom is 0.340 e. The van der Waals surface area contributed by atoms with Crippen molar-refractivity contribution in [3.05, 3.63) is 34.5 Å². The lowest BCUT2D eigenvalue weighted by Gasteiger charge is -2.04. The number of H-pyrrole nitrogens is 1. The molecule has 0 aromatic carbocycles. The summed E-state index contributed by atoms with van der Waals surface area (Å²) in [5.74, 6) is -1.42. The molecule has 0 aliphatic rings. The minimum Gasteiger partial charge on any atom is -0.462 e. The van der Waals surface area contributed by atoms with E-state index in [1.54, 1.807) is 26.0 Å². The Balaban J connectivity index is 2.68. The topological polar surface area (TPSA) is 76.2 Å². The highest BCUT2D eigenvalue weighted by atomic mass is 35.5. The SMILES string of the molecule is CCOC(=O)c1c(C)[nH]c(C(=O)C(=O)Cl)c1-c1cccs1. The van der Waals surface area contributed by atoms with Crippen LogP contribution in [0.3, 0.4) is 0 Å². The molecule has 0 unspecified atom stereocenters. The minimum atomic E-state index is -1.11. The maximum absolute atomic E-state index is 12.1. The third kappa shape index (κ3) is 2.91. The van der Waals surface area contributed by atoms with Crippen LogP contribution in [-0.4, -0.2) is 28.6 Å². The van der Waals surface area contributed by atoms with Crippen LogP contribution in [0.4, 0.5) is 0 Å². The van der Waals surface area contributed by atoms with Gasteiger partial charge < -0.3 is 9.72 Å². The van der Waals surface area contributed by atoms with Gasteiger partial charge in [-0.15, -0.1) is 11.3 Å². The number of thiophene rings is 1. The molecular formula is C14H12ClNO4S. The number of carbonyl (C=O) groups excluding carboxylic acids is 3. The summed E-state index contributed by atoms with van der Waals surface area (Å²) in [7, 11) is 0. The Kier molecular flexibility index (Phi) is 4.59. The van der Waals surface area contributed by atoms with E-state index in [-0.39, 0.29) is 17.9 Å². The van der Waals surface area contributed by atoms with Crippen LogP contribution in [0.25, 0.3) is 10.4 Å². The van der Waals surface area contributed by atoms with Crippen molar-refractivity contribution in [1.82, 2.24) is 4.98 Å². The normalized spacial score (nSPS) is 10.4. The van der Waals surface area contributed by atoms with Crippen molar-refractivity contribution in [1.29, 1.82) is 0 Å². The first kappa shape index (κ1) is 15.5. The second kappa shape index (κ2) is 6.24. The number of hydrogen-bond acceptors (Lipinski definition) is 5. The zero-order valence-electron chi connectivity index (χ0n) is 11.4. The lowest BCUT2D eigenvalue weighted by Crippen LogP contribution is -2.10. The first-order chi connectivity index (χ1) is 9.97. The average Bonchev–Trinajstić information content (AvgIpc) is 3.04. The monoisotopic (exact) mass is 325 g/mol. The lowest BCUT2D eigenvalue weighted by molar-refractivity contribution is -0.108. The number of carbonyl (C=O) groups is 3. The summed E-state index contributed by atoms with van der Waals surface area (Å²) in [4.78, 5) is 38.7. The van der Waals surface area contributed by atoms with Gasteiger partial charge in [0.15, 0.2) is 0 Å². The Hall–Kier alpha value is -1.92. The molecule has 0 amide bonds. The molecule has 2 heterocycles. The van der Waals surface area contributed by atoms with Gasteiger partial charge in [0.2, 0.25) is 0 Å². The van der Waals surface area contributed by atoms with Crippen molar-refractivity contribution in [2.45, 2.75) is 13.8 Å². The van der Waals surface area contributed by atoms with Crippen LogP contribution in [0.2, 0.25) is 0 Å². The predicted molar refractivity (Wildman–Crippen MR) is 80.0 cm³/mol. The molecule has 5 nitrogen and oxygen atoms in total. The van der Waals surface area contributed by atoms with Gasteiger partial charge in [0.05, 0.1) is 12.2 Å². The third-order valence-corrected chi connectivity index (χ3v) is 3.90. The van der Waals surface area contributed by atoms with Gasteiger partial charge in [-0.25, -0.2) is 4.79 Å². The first-order valence-corrected chi connectivity index (χ1v) is 7.40. The molecule has 0 aliphatic heterocycles. The molecule has 110 valence electrons. The van der Waals surface area contributed by atoms with Crippen molar-refractivity contribution in [3.63, 3.8) is 0 Å². The molecule has 7 heteroatoms. The number of halogens is 1. The molecule has 2 aromatic heterocycles. The Bertz CT molecular complexity index is 703. The number of ketones is 1. The fourth-order valence-electron chi connectivity index (χ4n) is 2.02. The maximum atomic E-state index is 12.1. The highest BCUT2D eigenvalue weighted by Crippen LogP contribution is 2.34. The molecule has 0 bridgehead atoms. The number of Topliss-reactive ketones (excluding diaryl/α,β-unsaturated/α-hetero) is 1. The summed E-state index contributed by atoms with van der Waals surface area (Å²) < 4.78 is 5.02. The highest BCUT2D eigenvalue weighted by molar-refractivity contribution is 7.13. The van der Waals surface area contributed by atoms with E-state index < -0.39 is 17.0 Å². The van der Waals surface area contributed by atoms with Crippen LogP contribution in [0, 0.1) is 6.92 Å². The second-order valence-electron chi connectivity index (χ2n) is 4.18. The summed E-state index contributed by atoms with van der Waals surface area (Å²) in [6.07, 6.45) is 0. The van der Waals surface area contributed by atoms with Crippen LogP contribution in [0.1, 0.15) is 33.5 Å². The van der Waals surface area contributed by atoms with Crippen LogP contribution in [0.5, 0.6) is 0 Å². The van der Waals surface area contributed by atoms with Gasteiger partial charge in [0, 0.05) is 16.1 Å². The van der Waals surface area contributed by atoms with Gasteiger partial charge in [0.1, 0.15) is 5.69 Å². The van der Waals surface area contributed by atoms with Crippen molar-refractivity contribution in [2.24, 2.45) is 0 Å². The average molecular weight is 326 g/mol. The summed E-state index contributed by atoms with van der Waals surface area (Å²) in [5.41, 5.74) is 1.08. The Morgan fingerprint density at radius 1 is 1.38 bits per heavy atom. The number of esters is 1. The van der Waals surface area contributed by atoms with Gasteiger partial charge in [0.25, 0.3) is 11.0 Å². The van der Waals surface area contributed by atoms with Crippen LogP contribution in [0.15, 0.2) is 17.5 Å². The molecule has 0 saturated carbocycles. The number of ether oxygens (including phenoxy) is 1. The number of rotatable bonds is 5. The first-order valence-electron chi connectivity index (χ1n) is 6.15. The Morgan fingerprint density at radius 3 is 2.62 bits per heavy atom. The zero-order chi connectivity index (χ0) is 15.6. The van der Waals surface area contributed by atoms with E-state index in [1.807, 2.05) is 5.38 Å². The van der Waals surface area contributed by atoms with E-state index in [9.17, 15) is 14.4 Å². The lowest BCUT2D eigenvalue weighted by atomic mass is 10.1. The number of aryl methyl sites for hydroxylation is 1. The Morgan fingerprint density at radius 2 is 2.10 bits per heavy atom. The van der Waals surface area contributed by atoms with Crippen LogP contribution >= 0.6 is 22.9 Å². The van der Waals surface area contributed by atoms with E-state index in [0.717, 1.165) is 0 Å². The quantitative estimate of drug-likeness (QED) is 0.396. The van der Waals surface area contributed by atoms with Crippen molar-refractivity contribution in [2.75, 3.05) is 6.61 Å². The minimum absolute atomic E-state index is 0.0120. The molecule has 21 heavy (non-hydrogen) atoms. The molecule has 2 rings (SSSR count). The largest absolute Gasteiger partial charge is 0.462 e. The smallest absolute Gasteiger partial charge is 0.340 e. The van der Waals surface area contributed by atoms with Crippen molar-refractivity contribution < 1.29 is 19.1 Å². The third-order valence-electron chi connectivity index (χ3n) is 2.84. The number of aromatic amines is 1. The molecule has 0 saturated heterocycles. The molecule has 0 atom stereocenters. The summed E-state index contributed by atoms with van der Waals surface area (Å²) in [6.45, 7) is 3.54. The molecule has 0 spiro atoms. The van der Waals surface area contributed by atoms with Gasteiger partial charge in [-0.3, -0.25) is 9.59 Å². The van der Waals surface area contributed by atoms with E-state index in [4.69, 9.17) is 16.3 Å². The van der Waals surface area contributed by atoms with Crippen LogP contribution < -0.4 is 0 Å². The molecule has 2 aromatic rings. The van der Waals surface area contributed by atoms with Gasteiger partial charge in [-0.05, 0) is 36.9 Å². The van der Waals surface area contributed by atoms with E-state index in [1.165, 1.54) is 11.3 Å². The highest BCUT2D eigenvalue weighted by Gasteiger charge is 2.29. The summed E-state index contributed by atoms with van der Waals surface area (Å²) >= 11 is 6.63. The van der Waals surface area contributed by atoms with E-state index in [2.05, 4.69) is 4.98 Å².